The normalized spacial score (nSPS) is 20.9. The molecule has 1 aromatic carbocycles. The van der Waals surface area contributed by atoms with Gasteiger partial charge in [0, 0.05) is 25.9 Å². The molecule has 0 radical (unpaired) electrons. The Hall–Kier alpha value is -0.940. The van der Waals surface area contributed by atoms with Crippen molar-refractivity contribution in [2.75, 3.05) is 13.1 Å². The van der Waals surface area contributed by atoms with Crippen molar-refractivity contribution in [2.24, 2.45) is 5.73 Å². The Balaban J connectivity index is 1.76. The van der Waals surface area contributed by atoms with E-state index in [1.807, 2.05) is 35.4 Å². The third kappa shape index (κ3) is 3.28. The first-order valence-corrected chi connectivity index (χ1v) is 5.59. The SMILES string of the molecule is NC1(O)CCN(OCc2ccccc2)CC1. The van der Waals surface area contributed by atoms with Crippen LogP contribution in [-0.4, -0.2) is 29.0 Å². The molecular formula is C12H18N2O2. The first-order valence-electron chi connectivity index (χ1n) is 5.59. The van der Waals surface area contributed by atoms with Gasteiger partial charge in [-0.25, -0.2) is 0 Å². The minimum absolute atomic E-state index is 0.557. The summed E-state index contributed by atoms with van der Waals surface area (Å²) in [6.07, 6.45) is 1.11. The van der Waals surface area contributed by atoms with E-state index in [9.17, 15) is 5.11 Å². The number of aliphatic hydroxyl groups is 1. The summed E-state index contributed by atoms with van der Waals surface area (Å²) in [6, 6.07) is 10.0. The van der Waals surface area contributed by atoms with Crippen LogP contribution < -0.4 is 5.73 Å². The molecule has 0 atom stereocenters. The molecule has 0 spiro atoms. The third-order valence-electron chi connectivity index (χ3n) is 2.84. The first kappa shape index (κ1) is 11.5. The van der Waals surface area contributed by atoms with Crippen LogP contribution in [0.5, 0.6) is 0 Å². The van der Waals surface area contributed by atoms with Crippen molar-refractivity contribution in [2.45, 2.75) is 25.2 Å². The highest BCUT2D eigenvalue weighted by molar-refractivity contribution is 5.13. The van der Waals surface area contributed by atoms with E-state index in [-0.39, 0.29) is 0 Å². The minimum Gasteiger partial charge on any atom is -0.376 e. The number of rotatable bonds is 3. The van der Waals surface area contributed by atoms with E-state index in [0.717, 1.165) is 5.56 Å². The molecular weight excluding hydrogens is 204 g/mol. The van der Waals surface area contributed by atoms with Gasteiger partial charge in [-0.3, -0.25) is 4.84 Å². The molecule has 88 valence electrons. The van der Waals surface area contributed by atoms with Crippen LogP contribution >= 0.6 is 0 Å². The standard InChI is InChI=1S/C12H18N2O2/c13-12(15)6-8-14(9-7-12)16-10-11-4-2-1-3-5-11/h1-5,15H,6-10,13H2. The Morgan fingerprint density at radius 2 is 1.88 bits per heavy atom. The van der Waals surface area contributed by atoms with Crippen LogP contribution in [0.25, 0.3) is 0 Å². The van der Waals surface area contributed by atoms with Crippen molar-refractivity contribution in [1.29, 1.82) is 0 Å². The lowest BCUT2D eigenvalue weighted by Crippen LogP contribution is -2.50. The molecule has 16 heavy (non-hydrogen) atoms. The zero-order valence-corrected chi connectivity index (χ0v) is 9.30. The van der Waals surface area contributed by atoms with Crippen molar-refractivity contribution >= 4 is 0 Å². The fourth-order valence-corrected chi connectivity index (χ4v) is 1.74. The molecule has 0 saturated carbocycles. The zero-order valence-electron chi connectivity index (χ0n) is 9.30. The number of benzene rings is 1. The average molecular weight is 222 g/mol. The van der Waals surface area contributed by atoms with Crippen molar-refractivity contribution in [3.05, 3.63) is 35.9 Å². The van der Waals surface area contributed by atoms with Gasteiger partial charge in [-0.05, 0) is 5.56 Å². The summed E-state index contributed by atoms with van der Waals surface area (Å²) in [6.45, 7) is 1.93. The van der Waals surface area contributed by atoms with Crippen LogP contribution in [0, 0.1) is 0 Å². The Labute approximate surface area is 95.6 Å². The van der Waals surface area contributed by atoms with Gasteiger partial charge in [-0.15, -0.1) is 0 Å². The fourth-order valence-electron chi connectivity index (χ4n) is 1.74. The van der Waals surface area contributed by atoms with Gasteiger partial charge in [-0.1, -0.05) is 30.3 Å². The Morgan fingerprint density at radius 3 is 2.50 bits per heavy atom. The van der Waals surface area contributed by atoms with Crippen LogP contribution in [0.2, 0.25) is 0 Å². The summed E-state index contributed by atoms with van der Waals surface area (Å²) in [7, 11) is 0. The maximum absolute atomic E-state index is 9.57. The number of nitrogens with zero attached hydrogens (tertiary/aromatic N) is 1. The lowest BCUT2D eigenvalue weighted by atomic mass is 10.0. The van der Waals surface area contributed by atoms with Gasteiger partial charge in [0.05, 0.1) is 6.61 Å². The molecule has 1 heterocycles. The molecule has 0 unspecified atom stereocenters. The number of nitrogens with two attached hydrogens (primary N) is 1. The molecule has 1 aromatic rings. The maximum atomic E-state index is 9.57. The van der Waals surface area contributed by atoms with E-state index in [1.54, 1.807) is 0 Å². The smallest absolute Gasteiger partial charge is 0.116 e. The summed E-state index contributed by atoms with van der Waals surface area (Å²) in [5.41, 5.74) is 5.76. The summed E-state index contributed by atoms with van der Waals surface area (Å²) < 4.78 is 0. The number of hydrogen-bond acceptors (Lipinski definition) is 4. The highest BCUT2D eigenvalue weighted by Crippen LogP contribution is 2.17. The molecule has 2 rings (SSSR count). The van der Waals surface area contributed by atoms with Gasteiger partial charge >= 0.3 is 0 Å². The molecule has 1 aliphatic rings. The van der Waals surface area contributed by atoms with Crippen molar-refractivity contribution in [3.63, 3.8) is 0 Å². The van der Waals surface area contributed by atoms with E-state index < -0.39 is 5.72 Å². The molecule has 0 aromatic heterocycles. The van der Waals surface area contributed by atoms with Gasteiger partial charge in [0.2, 0.25) is 0 Å². The largest absolute Gasteiger partial charge is 0.376 e. The quantitative estimate of drug-likeness (QED) is 0.745. The lowest BCUT2D eigenvalue weighted by molar-refractivity contribution is -0.201. The molecule has 0 aliphatic carbocycles. The Bertz CT molecular complexity index is 317. The molecule has 3 N–H and O–H groups in total. The number of hydroxylamine groups is 2. The molecule has 0 amide bonds. The highest BCUT2D eigenvalue weighted by atomic mass is 16.7. The number of piperidine rings is 1. The van der Waals surface area contributed by atoms with Crippen LogP contribution in [-0.2, 0) is 11.4 Å². The van der Waals surface area contributed by atoms with E-state index >= 15 is 0 Å². The van der Waals surface area contributed by atoms with Crippen molar-refractivity contribution < 1.29 is 9.94 Å². The van der Waals surface area contributed by atoms with Crippen LogP contribution in [0.15, 0.2) is 30.3 Å². The predicted molar refractivity (Wildman–Crippen MR) is 61.2 cm³/mol. The average Bonchev–Trinajstić information content (AvgIpc) is 2.29. The molecule has 0 bridgehead atoms. The van der Waals surface area contributed by atoms with Gasteiger partial charge in [-0.2, -0.15) is 5.06 Å². The van der Waals surface area contributed by atoms with Crippen LogP contribution in [0.3, 0.4) is 0 Å². The predicted octanol–water partition coefficient (Wildman–Crippen LogP) is 0.861. The van der Waals surface area contributed by atoms with E-state index in [2.05, 4.69) is 0 Å². The second kappa shape index (κ2) is 4.93. The highest BCUT2D eigenvalue weighted by Gasteiger charge is 2.28. The Kier molecular flexibility index (Phi) is 3.56. The van der Waals surface area contributed by atoms with Gasteiger partial charge in [0.15, 0.2) is 0 Å². The van der Waals surface area contributed by atoms with Gasteiger partial charge in [0.25, 0.3) is 0 Å². The van der Waals surface area contributed by atoms with Crippen LogP contribution in [0.1, 0.15) is 18.4 Å². The van der Waals surface area contributed by atoms with Crippen LogP contribution in [0.4, 0.5) is 0 Å². The summed E-state index contributed by atoms with van der Waals surface area (Å²) in [5.74, 6) is 0. The van der Waals surface area contributed by atoms with Gasteiger partial charge < -0.3 is 10.8 Å². The summed E-state index contributed by atoms with van der Waals surface area (Å²) in [4.78, 5) is 5.63. The monoisotopic (exact) mass is 222 g/mol. The molecule has 4 heteroatoms. The van der Waals surface area contributed by atoms with Gasteiger partial charge in [0.1, 0.15) is 5.72 Å². The first-order chi connectivity index (χ1) is 7.66. The summed E-state index contributed by atoms with van der Waals surface area (Å²) in [5, 5.41) is 11.4. The lowest BCUT2D eigenvalue weighted by Gasteiger charge is -2.34. The molecule has 1 fully saturated rings. The van der Waals surface area contributed by atoms with E-state index in [1.165, 1.54) is 0 Å². The molecule has 1 aliphatic heterocycles. The molecule has 1 saturated heterocycles. The third-order valence-corrected chi connectivity index (χ3v) is 2.84. The van der Waals surface area contributed by atoms with E-state index in [4.69, 9.17) is 10.6 Å². The zero-order chi connectivity index (χ0) is 11.4. The Morgan fingerprint density at radius 1 is 1.25 bits per heavy atom. The molecule has 4 nitrogen and oxygen atoms in total. The summed E-state index contributed by atoms with van der Waals surface area (Å²) >= 11 is 0. The van der Waals surface area contributed by atoms with Crippen molar-refractivity contribution in [3.8, 4) is 0 Å². The maximum Gasteiger partial charge on any atom is 0.116 e. The van der Waals surface area contributed by atoms with E-state index in [0.29, 0.717) is 32.5 Å². The fraction of sp³-hybridized carbons (Fsp3) is 0.500. The van der Waals surface area contributed by atoms with Crippen molar-refractivity contribution in [1.82, 2.24) is 5.06 Å². The number of hydrogen-bond donors (Lipinski definition) is 2. The second-order valence-electron chi connectivity index (χ2n) is 4.29. The second-order valence-corrected chi connectivity index (χ2v) is 4.29. The topological polar surface area (TPSA) is 58.7 Å². The minimum atomic E-state index is -1.01.